The highest BCUT2D eigenvalue weighted by atomic mass is 16.5. The molecule has 0 aliphatic heterocycles. The van der Waals surface area contributed by atoms with Crippen LogP contribution < -0.4 is 27.4 Å². The van der Waals surface area contributed by atoms with E-state index >= 15 is 14.4 Å². The van der Waals surface area contributed by atoms with Gasteiger partial charge >= 0.3 is 12.1 Å². The van der Waals surface area contributed by atoms with Gasteiger partial charge in [0.2, 0.25) is 23.6 Å². The average molecular weight is 1040 g/mol. The highest BCUT2D eigenvalue weighted by molar-refractivity contribution is 6.03. The van der Waals surface area contributed by atoms with Crippen LogP contribution in [-0.2, 0) is 57.7 Å². The summed E-state index contributed by atoms with van der Waals surface area (Å²) in [6.07, 6.45) is -1.15. The zero-order chi connectivity index (χ0) is 55.8. The van der Waals surface area contributed by atoms with Crippen molar-refractivity contribution < 1.29 is 53.3 Å². The van der Waals surface area contributed by atoms with Crippen LogP contribution in [0.5, 0.6) is 0 Å². The Hall–Kier alpha value is -6.50. The van der Waals surface area contributed by atoms with Gasteiger partial charge in [-0.1, -0.05) is 153 Å². The Labute approximate surface area is 443 Å². The number of hydrogen-bond donors (Lipinski definition) is 7. The number of nitrogens with two attached hydrogens (primary N) is 2. The summed E-state index contributed by atoms with van der Waals surface area (Å²) in [5.74, 6) is -7.80. The summed E-state index contributed by atoms with van der Waals surface area (Å²) < 4.78 is 5.27. The minimum absolute atomic E-state index is 0.00874. The molecule has 0 aliphatic carbocycles. The van der Waals surface area contributed by atoms with E-state index in [0.717, 1.165) is 15.4 Å². The summed E-state index contributed by atoms with van der Waals surface area (Å²) in [5.41, 5.74) is 15.2. The molecule has 18 nitrogen and oxygen atoms in total. The minimum atomic E-state index is -1.91. The SMILES string of the molecule is CC(C)[C@H](N)C(=O)N(C(=O)[C@@H](NC(=O)CCCCCNC(=O)OCc1ccccc1)C(C)C)C(Cc1ccccc1)C(O)C(Cc1ccccc1)N(C(=O)[C@@H](N)C(C)C)C(=O)[C@@H](NC(=O)CCCCC(=O)O)C(C)C. The van der Waals surface area contributed by atoms with E-state index in [1.54, 1.807) is 116 Å². The monoisotopic (exact) mass is 1040 g/mol. The zero-order valence-electron chi connectivity index (χ0n) is 45.1. The van der Waals surface area contributed by atoms with Crippen molar-refractivity contribution in [3.63, 3.8) is 0 Å². The molecule has 0 aromatic heterocycles. The van der Waals surface area contributed by atoms with Gasteiger partial charge in [0.25, 0.3) is 11.8 Å². The lowest BCUT2D eigenvalue weighted by Crippen LogP contribution is -2.68. The fourth-order valence-electron chi connectivity index (χ4n) is 8.39. The Morgan fingerprint density at radius 1 is 0.507 bits per heavy atom. The van der Waals surface area contributed by atoms with Crippen LogP contribution >= 0.6 is 0 Å². The molecule has 0 radical (unpaired) electrons. The number of aliphatic hydroxyl groups is 1. The first-order valence-corrected chi connectivity index (χ1v) is 26.3. The third-order valence-corrected chi connectivity index (χ3v) is 13.1. The number of imide groups is 2. The maximum atomic E-state index is 15.5. The fraction of sp³-hybridized carbons (Fsp3) is 0.544. The summed E-state index contributed by atoms with van der Waals surface area (Å²) in [4.78, 5) is 113. The maximum absolute atomic E-state index is 15.5. The van der Waals surface area contributed by atoms with Crippen molar-refractivity contribution >= 4 is 47.5 Å². The van der Waals surface area contributed by atoms with Gasteiger partial charge in [0.15, 0.2) is 0 Å². The second kappa shape index (κ2) is 32.1. The molecule has 7 amide bonds. The molecule has 0 bridgehead atoms. The van der Waals surface area contributed by atoms with Crippen molar-refractivity contribution in [3.8, 4) is 0 Å². The number of benzene rings is 3. The number of rotatable bonds is 31. The van der Waals surface area contributed by atoms with Crippen LogP contribution in [-0.4, -0.2) is 116 Å². The molecule has 18 heteroatoms. The Kier molecular flexibility index (Phi) is 26.8. The molecule has 0 aliphatic rings. The van der Waals surface area contributed by atoms with Gasteiger partial charge in [0, 0.05) is 25.8 Å². The van der Waals surface area contributed by atoms with E-state index < -0.39 is 114 Å². The first kappa shape index (κ1) is 62.8. The van der Waals surface area contributed by atoms with E-state index in [2.05, 4.69) is 16.0 Å². The summed E-state index contributed by atoms with van der Waals surface area (Å²) in [5, 5.41) is 30.8. The lowest BCUT2D eigenvalue weighted by molar-refractivity contribution is -0.161. The summed E-state index contributed by atoms with van der Waals surface area (Å²) in [7, 11) is 0. The van der Waals surface area contributed by atoms with Gasteiger partial charge in [-0.25, -0.2) is 4.79 Å². The normalized spacial score (nSPS) is 14.2. The van der Waals surface area contributed by atoms with Crippen molar-refractivity contribution in [2.45, 2.75) is 169 Å². The van der Waals surface area contributed by atoms with Crippen molar-refractivity contribution in [1.29, 1.82) is 0 Å². The maximum Gasteiger partial charge on any atom is 0.407 e. The lowest BCUT2D eigenvalue weighted by atomic mass is 9.87. The van der Waals surface area contributed by atoms with E-state index in [0.29, 0.717) is 36.9 Å². The second-order valence-electron chi connectivity index (χ2n) is 20.6. The van der Waals surface area contributed by atoms with Crippen LogP contribution in [0.1, 0.15) is 123 Å². The molecule has 3 unspecified atom stereocenters. The number of nitrogens with one attached hydrogen (secondary N) is 3. The van der Waals surface area contributed by atoms with E-state index in [9.17, 15) is 29.1 Å². The second-order valence-corrected chi connectivity index (χ2v) is 20.6. The Morgan fingerprint density at radius 2 is 0.880 bits per heavy atom. The third kappa shape index (κ3) is 20.6. The molecule has 0 saturated carbocycles. The predicted octanol–water partition coefficient (Wildman–Crippen LogP) is 5.66. The minimum Gasteiger partial charge on any atom is -0.481 e. The van der Waals surface area contributed by atoms with Gasteiger partial charge in [-0.2, -0.15) is 0 Å². The Bertz CT molecular complexity index is 2280. The van der Waals surface area contributed by atoms with Gasteiger partial charge in [-0.05, 0) is 78.9 Å². The quantitative estimate of drug-likeness (QED) is 0.0384. The molecule has 7 atom stereocenters. The topological polar surface area (TPSA) is 281 Å². The summed E-state index contributed by atoms with van der Waals surface area (Å²) in [6.45, 7) is 14.0. The number of alkyl carbamates (subject to hydrolysis) is 1. The number of unbranched alkanes of at least 4 members (excludes halogenated alkanes) is 3. The van der Waals surface area contributed by atoms with Crippen molar-refractivity contribution in [2.75, 3.05) is 6.54 Å². The van der Waals surface area contributed by atoms with Crippen LogP contribution in [0.4, 0.5) is 4.79 Å². The number of aliphatic hydroxyl groups excluding tert-OH is 1. The van der Waals surface area contributed by atoms with Crippen molar-refractivity contribution in [3.05, 3.63) is 108 Å². The molecule has 3 aromatic rings. The van der Waals surface area contributed by atoms with Crippen molar-refractivity contribution in [1.82, 2.24) is 25.8 Å². The van der Waals surface area contributed by atoms with Crippen LogP contribution in [0, 0.1) is 23.7 Å². The summed E-state index contributed by atoms with van der Waals surface area (Å²) >= 11 is 0. The first-order chi connectivity index (χ1) is 35.5. The number of carboxylic acid groups (broad SMARTS) is 1. The van der Waals surface area contributed by atoms with Gasteiger partial charge in [0.1, 0.15) is 18.7 Å². The number of amides is 7. The fourth-order valence-corrected chi connectivity index (χ4v) is 8.39. The Morgan fingerprint density at radius 3 is 1.25 bits per heavy atom. The van der Waals surface area contributed by atoms with E-state index in [-0.39, 0.29) is 51.6 Å². The molecule has 9 N–H and O–H groups in total. The number of ether oxygens (including phenoxy) is 1. The lowest BCUT2D eigenvalue weighted by Gasteiger charge is -2.44. The number of carbonyl (C=O) groups is 8. The molecule has 412 valence electrons. The first-order valence-electron chi connectivity index (χ1n) is 26.3. The van der Waals surface area contributed by atoms with Crippen LogP contribution in [0.3, 0.4) is 0 Å². The molecule has 3 aromatic carbocycles. The molecule has 0 heterocycles. The molecular formula is C57H83N7O11. The third-order valence-electron chi connectivity index (χ3n) is 13.1. The van der Waals surface area contributed by atoms with Crippen LogP contribution in [0.25, 0.3) is 0 Å². The van der Waals surface area contributed by atoms with Crippen LogP contribution in [0.15, 0.2) is 91.0 Å². The number of carboxylic acids is 1. The zero-order valence-corrected chi connectivity index (χ0v) is 45.1. The number of nitrogens with zero attached hydrogens (tertiary/aromatic N) is 2. The summed E-state index contributed by atoms with van der Waals surface area (Å²) in [6, 6.07) is 18.5. The van der Waals surface area contributed by atoms with Gasteiger partial charge in [-0.3, -0.25) is 43.4 Å². The molecule has 75 heavy (non-hydrogen) atoms. The predicted molar refractivity (Wildman–Crippen MR) is 286 cm³/mol. The van der Waals surface area contributed by atoms with Gasteiger partial charge in [-0.15, -0.1) is 0 Å². The Balaban J connectivity index is 2.12. The van der Waals surface area contributed by atoms with Gasteiger partial charge < -0.3 is 42.4 Å². The van der Waals surface area contributed by atoms with Gasteiger partial charge in [0.05, 0.1) is 30.3 Å². The number of carbonyl (C=O) groups excluding carboxylic acids is 7. The standard InChI is InChI=1S/C57H83N7O11/c1-36(2)48(58)53(70)63(55(72)50(38(5)6)61-45(65)29-19-12-22-32-60-57(74)75-35-42-27-17-11-18-28-42)43(33-40-23-13-9-14-24-40)52(69)44(34-41-25-15-10-16-26-41)64(54(71)49(59)37(3)4)56(73)51(39(7)8)62-46(66)30-20-21-31-47(67)68/h9-11,13-18,23-28,36-39,43-44,48-52,69H,12,19-22,29-35,58-59H2,1-8H3,(H,60,74)(H,61,65)(H,62,66)(H,67,68)/t43?,44?,48-,49-,50-,51-,52?/m0/s1. The van der Waals surface area contributed by atoms with Crippen molar-refractivity contribution in [2.24, 2.45) is 35.1 Å². The largest absolute Gasteiger partial charge is 0.481 e. The molecule has 0 saturated heterocycles. The smallest absolute Gasteiger partial charge is 0.407 e. The number of aliphatic carboxylic acids is 1. The van der Waals surface area contributed by atoms with E-state index in [1.165, 1.54) is 0 Å². The molecule has 0 fully saturated rings. The molecule has 0 spiro atoms. The highest BCUT2D eigenvalue weighted by Gasteiger charge is 2.48. The number of hydrogen-bond acceptors (Lipinski definition) is 12. The molecular weight excluding hydrogens is 959 g/mol. The average Bonchev–Trinajstić information content (AvgIpc) is 3.38. The highest BCUT2D eigenvalue weighted by Crippen LogP contribution is 2.27. The van der Waals surface area contributed by atoms with Crippen LogP contribution in [0.2, 0.25) is 0 Å². The van der Waals surface area contributed by atoms with E-state index in [4.69, 9.17) is 21.3 Å². The van der Waals surface area contributed by atoms with E-state index in [1.807, 2.05) is 30.3 Å². The molecule has 3 rings (SSSR count).